The molecule has 0 saturated carbocycles. The Morgan fingerprint density at radius 3 is 2.36 bits per heavy atom. The minimum Gasteiger partial charge on any atom is -0.497 e. The summed E-state index contributed by atoms with van der Waals surface area (Å²) in [6, 6.07) is 11.0. The minimum absolute atomic E-state index is 0.113. The standard InChI is InChI=1S/C25H33N3O7S/c1-5-12-26-25(30)18(2)27(16-19-6-9-21(33-3)10-7-19)24(29)17-28(36(4,31)32)20-8-11-22-23(15-20)35-14-13-34-22/h6-11,15,18H,5,12-14,16-17H2,1-4H3,(H,26,30)/t18-/m1/s1. The number of anilines is 1. The largest absolute Gasteiger partial charge is 0.497 e. The summed E-state index contributed by atoms with van der Waals surface area (Å²) in [7, 11) is -2.28. The van der Waals surface area contributed by atoms with Crippen molar-refractivity contribution in [3.63, 3.8) is 0 Å². The van der Waals surface area contributed by atoms with Crippen LogP contribution < -0.4 is 23.8 Å². The Morgan fingerprint density at radius 1 is 1.08 bits per heavy atom. The van der Waals surface area contributed by atoms with Crippen LogP contribution in [0.4, 0.5) is 5.69 Å². The number of carbonyl (C=O) groups is 2. The first-order valence-corrected chi connectivity index (χ1v) is 13.6. The Morgan fingerprint density at radius 2 is 1.75 bits per heavy atom. The number of nitrogens with one attached hydrogen (secondary N) is 1. The Hall–Kier alpha value is -3.47. The molecule has 1 atom stereocenters. The van der Waals surface area contributed by atoms with Gasteiger partial charge in [-0.2, -0.15) is 0 Å². The van der Waals surface area contributed by atoms with E-state index in [0.29, 0.717) is 37.0 Å². The Balaban J connectivity index is 1.89. The van der Waals surface area contributed by atoms with Crippen LogP contribution in [0.3, 0.4) is 0 Å². The van der Waals surface area contributed by atoms with E-state index in [1.165, 1.54) is 11.0 Å². The second kappa shape index (κ2) is 12.0. The quantitative estimate of drug-likeness (QED) is 0.484. The summed E-state index contributed by atoms with van der Waals surface area (Å²) in [5.41, 5.74) is 1.03. The number of ether oxygens (including phenoxy) is 3. The molecule has 0 unspecified atom stereocenters. The van der Waals surface area contributed by atoms with Crippen molar-refractivity contribution in [2.75, 3.05) is 44.0 Å². The summed E-state index contributed by atoms with van der Waals surface area (Å²) in [6.45, 7) is 4.40. The van der Waals surface area contributed by atoms with Crippen LogP contribution in [-0.4, -0.2) is 70.8 Å². The third-order valence-corrected chi connectivity index (χ3v) is 6.86. The van der Waals surface area contributed by atoms with Crippen molar-refractivity contribution >= 4 is 27.5 Å². The van der Waals surface area contributed by atoms with Gasteiger partial charge in [0.15, 0.2) is 11.5 Å². The molecule has 1 aliphatic rings. The Kier molecular flexibility index (Phi) is 9.03. The van der Waals surface area contributed by atoms with Crippen LogP contribution in [0.25, 0.3) is 0 Å². The molecule has 0 spiro atoms. The zero-order valence-electron chi connectivity index (χ0n) is 21.0. The highest BCUT2D eigenvalue weighted by Crippen LogP contribution is 2.34. The predicted octanol–water partition coefficient (Wildman–Crippen LogP) is 2.18. The molecule has 1 heterocycles. The van der Waals surface area contributed by atoms with Gasteiger partial charge in [0, 0.05) is 19.2 Å². The number of fused-ring (bicyclic) bond motifs is 1. The molecule has 3 rings (SSSR count). The maximum atomic E-state index is 13.6. The lowest BCUT2D eigenvalue weighted by Crippen LogP contribution is -2.51. The van der Waals surface area contributed by atoms with Crippen LogP contribution >= 0.6 is 0 Å². The summed E-state index contributed by atoms with van der Waals surface area (Å²) in [5.74, 6) is 0.732. The van der Waals surface area contributed by atoms with Gasteiger partial charge < -0.3 is 24.4 Å². The predicted molar refractivity (Wildman–Crippen MR) is 136 cm³/mol. The number of sulfonamides is 1. The number of amides is 2. The Bertz CT molecular complexity index is 1170. The average Bonchev–Trinajstić information content (AvgIpc) is 2.87. The summed E-state index contributed by atoms with van der Waals surface area (Å²) in [4.78, 5) is 27.7. The molecule has 2 aromatic carbocycles. The first kappa shape index (κ1) is 27.1. The normalized spacial score (nSPS) is 13.4. The van der Waals surface area contributed by atoms with Crippen molar-refractivity contribution in [3.8, 4) is 17.2 Å². The second-order valence-electron chi connectivity index (χ2n) is 8.43. The topological polar surface area (TPSA) is 114 Å². The highest BCUT2D eigenvalue weighted by atomic mass is 32.2. The molecule has 36 heavy (non-hydrogen) atoms. The molecule has 196 valence electrons. The monoisotopic (exact) mass is 519 g/mol. The fourth-order valence-corrected chi connectivity index (χ4v) is 4.55. The van der Waals surface area contributed by atoms with Gasteiger partial charge in [-0.25, -0.2) is 8.42 Å². The molecule has 0 radical (unpaired) electrons. The minimum atomic E-state index is -3.84. The summed E-state index contributed by atoms with van der Waals surface area (Å²) in [5, 5.41) is 2.81. The van der Waals surface area contributed by atoms with Crippen molar-refractivity contribution in [3.05, 3.63) is 48.0 Å². The third kappa shape index (κ3) is 6.81. The van der Waals surface area contributed by atoms with Gasteiger partial charge in [-0.3, -0.25) is 13.9 Å². The van der Waals surface area contributed by atoms with Gasteiger partial charge in [0.1, 0.15) is 31.5 Å². The average molecular weight is 520 g/mol. The van der Waals surface area contributed by atoms with E-state index in [9.17, 15) is 18.0 Å². The summed E-state index contributed by atoms with van der Waals surface area (Å²) in [6.07, 6.45) is 1.78. The molecule has 2 amide bonds. The molecule has 2 aromatic rings. The summed E-state index contributed by atoms with van der Waals surface area (Å²) < 4.78 is 42.7. The number of methoxy groups -OCH3 is 1. The highest BCUT2D eigenvalue weighted by molar-refractivity contribution is 7.92. The van der Waals surface area contributed by atoms with E-state index >= 15 is 0 Å². The molecule has 1 aliphatic heterocycles. The number of hydrogen-bond donors (Lipinski definition) is 1. The first-order valence-electron chi connectivity index (χ1n) is 11.7. The zero-order valence-corrected chi connectivity index (χ0v) is 21.8. The van der Waals surface area contributed by atoms with E-state index in [1.54, 1.807) is 50.4 Å². The van der Waals surface area contributed by atoms with Crippen molar-refractivity contribution < 1.29 is 32.2 Å². The second-order valence-corrected chi connectivity index (χ2v) is 10.3. The SMILES string of the molecule is CCCNC(=O)[C@@H](C)N(Cc1ccc(OC)cc1)C(=O)CN(c1ccc2c(c1)OCCO2)S(C)(=O)=O. The van der Waals surface area contributed by atoms with E-state index in [4.69, 9.17) is 14.2 Å². The smallest absolute Gasteiger partial charge is 0.244 e. The molecule has 0 saturated heterocycles. The van der Waals surface area contributed by atoms with Crippen molar-refractivity contribution in [1.82, 2.24) is 10.2 Å². The van der Waals surface area contributed by atoms with Gasteiger partial charge in [0.25, 0.3) is 0 Å². The van der Waals surface area contributed by atoms with E-state index in [2.05, 4.69) is 5.32 Å². The van der Waals surface area contributed by atoms with Gasteiger partial charge in [0.05, 0.1) is 19.1 Å². The van der Waals surface area contributed by atoms with Gasteiger partial charge in [-0.05, 0) is 43.2 Å². The van der Waals surface area contributed by atoms with Crippen molar-refractivity contribution in [1.29, 1.82) is 0 Å². The maximum Gasteiger partial charge on any atom is 0.244 e. The van der Waals surface area contributed by atoms with E-state index in [0.717, 1.165) is 22.5 Å². The molecule has 0 aromatic heterocycles. The first-order chi connectivity index (χ1) is 17.1. The summed E-state index contributed by atoms with van der Waals surface area (Å²) >= 11 is 0. The molecular weight excluding hydrogens is 486 g/mol. The number of nitrogens with zero attached hydrogens (tertiary/aromatic N) is 2. The van der Waals surface area contributed by atoms with Crippen molar-refractivity contribution in [2.24, 2.45) is 0 Å². The van der Waals surface area contributed by atoms with Gasteiger partial charge in [-0.15, -0.1) is 0 Å². The highest BCUT2D eigenvalue weighted by Gasteiger charge is 2.30. The zero-order chi connectivity index (χ0) is 26.3. The number of hydrogen-bond acceptors (Lipinski definition) is 7. The lowest BCUT2D eigenvalue weighted by Gasteiger charge is -2.31. The molecule has 1 N–H and O–H groups in total. The lowest BCUT2D eigenvalue weighted by molar-refractivity contribution is -0.139. The number of rotatable bonds is 11. The molecule has 0 aliphatic carbocycles. The van der Waals surface area contributed by atoms with Gasteiger partial charge in [0.2, 0.25) is 21.8 Å². The molecule has 0 bridgehead atoms. The van der Waals surface area contributed by atoms with Gasteiger partial charge >= 0.3 is 0 Å². The molecular formula is C25H33N3O7S. The number of carbonyl (C=O) groups excluding carboxylic acids is 2. The maximum absolute atomic E-state index is 13.6. The molecule has 10 nitrogen and oxygen atoms in total. The van der Waals surface area contributed by atoms with Crippen LogP contribution in [0, 0.1) is 0 Å². The van der Waals surface area contributed by atoms with E-state index in [1.807, 2.05) is 6.92 Å². The fourth-order valence-electron chi connectivity index (χ4n) is 3.71. The third-order valence-electron chi connectivity index (χ3n) is 5.72. The van der Waals surface area contributed by atoms with E-state index in [-0.39, 0.29) is 18.1 Å². The van der Waals surface area contributed by atoms with Crippen LogP contribution in [0.1, 0.15) is 25.8 Å². The van der Waals surface area contributed by atoms with Crippen molar-refractivity contribution in [2.45, 2.75) is 32.9 Å². The van der Waals surface area contributed by atoms with Gasteiger partial charge in [-0.1, -0.05) is 19.1 Å². The fraction of sp³-hybridized carbons (Fsp3) is 0.440. The van der Waals surface area contributed by atoms with Crippen LogP contribution in [-0.2, 0) is 26.2 Å². The molecule has 0 fully saturated rings. The Labute approximate surface area is 212 Å². The molecule has 11 heteroatoms. The van der Waals surface area contributed by atoms with E-state index < -0.39 is 28.5 Å². The lowest BCUT2D eigenvalue weighted by atomic mass is 10.1. The number of benzene rings is 2. The van der Waals surface area contributed by atoms with Crippen LogP contribution in [0.5, 0.6) is 17.2 Å². The van der Waals surface area contributed by atoms with Crippen LogP contribution in [0.15, 0.2) is 42.5 Å². The van der Waals surface area contributed by atoms with Crippen LogP contribution in [0.2, 0.25) is 0 Å².